The fourth-order valence-corrected chi connectivity index (χ4v) is 2.64. The van der Waals surface area contributed by atoms with Crippen LogP contribution in [0, 0.1) is 6.92 Å². The van der Waals surface area contributed by atoms with Crippen LogP contribution >= 0.6 is 0 Å². The first-order chi connectivity index (χ1) is 12.6. The van der Waals surface area contributed by atoms with Gasteiger partial charge in [-0.25, -0.2) is 4.99 Å². The molecule has 2 rings (SSSR count). The molecular formula is C21H29N3O2. The van der Waals surface area contributed by atoms with E-state index < -0.39 is 6.10 Å². The number of nitrogens with zero attached hydrogens (tertiary/aromatic N) is 1. The smallest absolute Gasteiger partial charge is 0.191 e. The van der Waals surface area contributed by atoms with Gasteiger partial charge in [0.05, 0.1) is 19.8 Å². The molecule has 0 aliphatic carbocycles. The van der Waals surface area contributed by atoms with Gasteiger partial charge in [-0.3, -0.25) is 0 Å². The van der Waals surface area contributed by atoms with Crippen LogP contribution in [-0.4, -0.2) is 31.3 Å². The van der Waals surface area contributed by atoms with Gasteiger partial charge in [0.1, 0.15) is 5.75 Å². The molecule has 26 heavy (non-hydrogen) atoms. The molecule has 0 spiro atoms. The number of methoxy groups -OCH3 is 1. The highest BCUT2D eigenvalue weighted by atomic mass is 16.5. The summed E-state index contributed by atoms with van der Waals surface area (Å²) in [6.07, 6.45) is 0.139. The van der Waals surface area contributed by atoms with Crippen molar-refractivity contribution in [1.29, 1.82) is 0 Å². The number of aliphatic hydroxyl groups is 1. The molecule has 0 aliphatic rings. The summed E-state index contributed by atoms with van der Waals surface area (Å²) in [7, 11) is 1.68. The lowest BCUT2D eigenvalue weighted by Gasteiger charge is -2.14. The Morgan fingerprint density at radius 2 is 1.92 bits per heavy atom. The zero-order valence-corrected chi connectivity index (χ0v) is 15.8. The molecule has 2 aromatic rings. The van der Waals surface area contributed by atoms with E-state index in [1.165, 1.54) is 0 Å². The van der Waals surface area contributed by atoms with E-state index in [0.29, 0.717) is 19.5 Å². The van der Waals surface area contributed by atoms with Crippen LogP contribution in [0.25, 0.3) is 0 Å². The number of benzene rings is 2. The van der Waals surface area contributed by atoms with Gasteiger partial charge >= 0.3 is 0 Å². The Kier molecular flexibility index (Phi) is 7.96. The zero-order valence-electron chi connectivity index (χ0n) is 15.8. The van der Waals surface area contributed by atoms with E-state index in [1.807, 2.05) is 56.3 Å². The number of hydrogen-bond acceptors (Lipinski definition) is 3. The first kappa shape index (κ1) is 19.8. The summed E-state index contributed by atoms with van der Waals surface area (Å²) in [4.78, 5) is 4.62. The maximum absolute atomic E-state index is 10.2. The summed E-state index contributed by atoms with van der Waals surface area (Å²) in [5.41, 5.74) is 3.14. The van der Waals surface area contributed by atoms with Crippen molar-refractivity contribution in [1.82, 2.24) is 10.6 Å². The summed E-state index contributed by atoms with van der Waals surface area (Å²) in [5.74, 6) is 1.62. The van der Waals surface area contributed by atoms with Crippen molar-refractivity contribution in [2.24, 2.45) is 4.99 Å². The standard InChI is InChI=1S/C21H29N3O2/c1-4-22-21(23-13-12-19(25)18-8-6-5-7-9-18)24-15-17-11-10-16(2)20(14-17)26-3/h5-11,14,19,25H,4,12-13,15H2,1-3H3,(H2,22,23,24). The van der Waals surface area contributed by atoms with Crippen molar-refractivity contribution in [3.8, 4) is 5.75 Å². The van der Waals surface area contributed by atoms with Gasteiger partial charge in [-0.1, -0.05) is 42.5 Å². The average molecular weight is 355 g/mol. The average Bonchev–Trinajstić information content (AvgIpc) is 2.67. The van der Waals surface area contributed by atoms with Crippen molar-refractivity contribution in [3.05, 3.63) is 65.2 Å². The fraction of sp³-hybridized carbons (Fsp3) is 0.381. The van der Waals surface area contributed by atoms with Crippen molar-refractivity contribution < 1.29 is 9.84 Å². The van der Waals surface area contributed by atoms with Crippen molar-refractivity contribution in [2.75, 3.05) is 20.2 Å². The molecule has 0 fully saturated rings. The maximum atomic E-state index is 10.2. The highest BCUT2D eigenvalue weighted by molar-refractivity contribution is 5.79. The lowest BCUT2D eigenvalue weighted by Crippen LogP contribution is -2.38. The molecular weight excluding hydrogens is 326 g/mol. The molecule has 3 N–H and O–H groups in total. The predicted octanol–water partition coefficient (Wildman–Crippen LogP) is 3.18. The van der Waals surface area contributed by atoms with Crippen molar-refractivity contribution in [3.63, 3.8) is 0 Å². The maximum Gasteiger partial charge on any atom is 0.191 e. The minimum atomic E-state index is -0.479. The van der Waals surface area contributed by atoms with Gasteiger partial charge in [-0.15, -0.1) is 0 Å². The Hall–Kier alpha value is -2.53. The topological polar surface area (TPSA) is 65.9 Å². The van der Waals surface area contributed by atoms with Crippen LogP contribution in [-0.2, 0) is 6.54 Å². The van der Waals surface area contributed by atoms with Gasteiger partial charge < -0.3 is 20.5 Å². The lowest BCUT2D eigenvalue weighted by molar-refractivity contribution is 0.168. The van der Waals surface area contributed by atoms with Gasteiger partial charge in [0.25, 0.3) is 0 Å². The van der Waals surface area contributed by atoms with Crippen LogP contribution in [0.5, 0.6) is 5.75 Å². The van der Waals surface area contributed by atoms with Crippen molar-refractivity contribution >= 4 is 5.96 Å². The largest absolute Gasteiger partial charge is 0.496 e. The number of aliphatic hydroxyl groups excluding tert-OH is 1. The SMILES string of the molecule is CCNC(=NCc1ccc(C)c(OC)c1)NCCC(O)c1ccccc1. The number of guanidine groups is 1. The quantitative estimate of drug-likeness (QED) is 0.503. The van der Waals surface area contributed by atoms with E-state index in [1.54, 1.807) is 7.11 Å². The molecule has 0 heterocycles. The monoisotopic (exact) mass is 355 g/mol. The van der Waals surface area contributed by atoms with Crippen LogP contribution in [0.4, 0.5) is 0 Å². The second-order valence-corrected chi connectivity index (χ2v) is 6.14. The number of ether oxygens (including phenoxy) is 1. The van der Waals surface area contributed by atoms with Crippen LogP contribution in [0.1, 0.15) is 36.1 Å². The number of aliphatic imine (C=N–C) groups is 1. The van der Waals surface area contributed by atoms with Crippen LogP contribution in [0.3, 0.4) is 0 Å². The third kappa shape index (κ3) is 6.08. The molecule has 0 amide bonds. The lowest BCUT2D eigenvalue weighted by atomic mass is 10.1. The third-order valence-corrected chi connectivity index (χ3v) is 4.13. The molecule has 0 saturated carbocycles. The Labute approximate surface area is 156 Å². The zero-order chi connectivity index (χ0) is 18.8. The second-order valence-electron chi connectivity index (χ2n) is 6.14. The Bertz CT molecular complexity index is 702. The normalized spacial score (nSPS) is 12.5. The number of rotatable bonds is 8. The molecule has 5 nitrogen and oxygen atoms in total. The van der Waals surface area contributed by atoms with Gasteiger partial charge in [0, 0.05) is 13.1 Å². The number of aryl methyl sites for hydroxylation is 1. The molecule has 0 aromatic heterocycles. The van der Waals surface area contributed by atoms with Crippen LogP contribution < -0.4 is 15.4 Å². The van der Waals surface area contributed by atoms with Gasteiger partial charge in [0.15, 0.2) is 5.96 Å². The minimum absolute atomic E-state index is 0.479. The number of nitrogens with one attached hydrogen (secondary N) is 2. The summed E-state index contributed by atoms with van der Waals surface area (Å²) in [6, 6.07) is 15.8. The Morgan fingerprint density at radius 1 is 1.15 bits per heavy atom. The molecule has 0 radical (unpaired) electrons. The third-order valence-electron chi connectivity index (χ3n) is 4.13. The molecule has 0 aliphatic heterocycles. The van der Waals surface area contributed by atoms with E-state index in [4.69, 9.17) is 4.74 Å². The van der Waals surface area contributed by atoms with Crippen LogP contribution in [0.15, 0.2) is 53.5 Å². The minimum Gasteiger partial charge on any atom is -0.496 e. The van der Waals surface area contributed by atoms with Gasteiger partial charge in [-0.2, -0.15) is 0 Å². The highest BCUT2D eigenvalue weighted by Gasteiger charge is 2.07. The first-order valence-corrected chi connectivity index (χ1v) is 9.02. The first-order valence-electron chi connectivity index (χ1n) is 9.02. The molecule has 0 bridgehead atoms. The summed E-state index contributed by atoms with van der Waals surface area (Å²) in [5, 5.41) is 16.8. The van der Waals surface area contributed by atoms with E-state index >= 15 is 0 Å². The summed E-state index contributed by atoms with van der Waals surface area (Å²) in [6.45, 7) is 6.04. The summed E-state index contributed by atoms with van der Waals surface area (Å²) >= 11 is 0. The highest BCUT2D eigenvalue weighted by Crippen LogP contribution is 2.19. The number of hydrogen-bond donors (Lipinski definition) is 3. The van der Waals surface area contributed by atoms with E-state index in [0.717, 1.165) is 34.9 Å². The Balaban J connectivity index is 1.90. The second kappa shape index (κ2) is 10.5. The molecule has 5 heteroatoms. The van der Waals surface area contributed by atoms with Gasteiger partial charge in [-0.05, 0) is 43.0 Å². The van der Waals surface area contributed by atoms with E-state index in [2.05, 4.69) is 21.7 Å². The fourth-order valence-electron chi connectivity index (χ4n) is 2.64. The Morgan fingerprint density at radius 3 is 2.62 bits per heavy atom. The molecule has 0 saturated heterocycles. The van der Waals surface area contributed by atoms with Crippen molar-refractivity contribution in [2.45, 2.75) is 32.9 Å². The summed E-state index contributed by atoms with van der Waals surface area (Å²) < 4.78 is 5.37. The van der Waals surface area contributed by atoms with Gasteiger partial charge in [0.2, 0.25) is 0 Å². The predicted molar refractivity (Wildman–Crippen MR) is 107 cm³/mol. The van der Waals surface area contributed by atoms with Crippen LogP contribution in [0.2, 0.25) is 0 Å². The molecule has 1 unspecified atom stereocenters. The van der Waals surface area contributed by atoms with E-state index in [9.17, 15) is 5.11 Å². The molecule has 2 aromatic carbocycles. The molecule has 1 atom stereocenters. The molecule has 140 valence electrons. The van der Waals surface area contributed by atoms with E-state index in [-0.39, 0.29) is 0 Å².